The van der Waals surface area contributed by atoms with Crippen LogP contribution in [0.2, 0.25) is 0 Å². The first-order chi connectivity index (χ1) is 14.4. The van der Waals surface area contributed by atoms with E-state index in [-0.39, 0.29) is 67.3 Å². The molecule has 0 radical (unpaired) electrons. The number of amides is 4. The average Bonchev–Trinajstić information content (AvgIpc) is 3.00. The first-order valence-electron chi connectivity index (χ1n) is 10.5. The van der Waals surface area contributed by atoms with Crippen molar-refractivity contribution in [3.8, 4) is 0 Å². The Hall–Kier alpha value is -2.77. The summed E-state index contributed by atoms with van der Waals surface area (Å²) in [6.45, 7) is 2.31. The van der Waals surface area contributed by atoms with Crippen LogP contribution in [0.1, 0.15) is 44.6 Å². The highest BCUT2D eigenvalue weighted by Crippen LogP contribution is 2.37. The van der Waals surface area contributed by atoms with Crippen LogP contribution < -0.4 is 5.32 Å². The number of imide groups is 1. The molecule has 1 N–H and O–H groups in total. The second-order valence-corrected chi connectivity index (χ2v) is 7.89. The van der Waals surface area contributed by atoms with Crippen molar-refractivity contribution in [3.63, 3.8) is 0 Å². The molecule has 0 spiro atoms. The van der Waals surface area contributed by atoms with Gasteiger partial charge in [-0.3, -0.25) is 24.1 Å². The maximum atomic E-state index is 12.9. The summed E-state index contributed by atoms with van der Waals surface area (Å²) >= 11 is 0. The van der Waals surface area contributed by atoms with Crippen LogP contribution in [0.15, 0.2) is 24.3 Å². The Balaban J connectivity index is 1.47. The summed E-state index contributed by atoms with van der Waals surface area (Å²) in [6, 6.07) is 5.81. The van der Waals surface area contributed by atoms with Gasteiger partial charge in [-0.05, 0) is 37.5 Å². The molecule has 30 heavy (non-hydrogen) atoms. The van der Waals surface area contributed by atoms with Gasteiger partial charge in [-0.25, -0.2) is 4.39 Å². The quantitative estimate of drug-likeness (QED) is 0.654. The van der Waals surface area contributed by atoms with Gasteiger partial charge in [0.05, 0.1) is 18.4 Å². The normalized spacial score (nSPS) is 20.8. The van der Waals surface area contributed by atoms with Crippen molar-refractivity contribution in [1.82, 2.24) is 15.1 Å². The third-order valence-corrected chi connectivity index (χ3v) is 5.95. The zero-order valence-corrected chi connectivity index (χ0v) is 17.2. The van der Waals surface area contributed by atoms with E-state index in [2.05, 4.69) is 5.32 Å². The summed E-state index contributed by atoms with van der Waals surface area (Å²) in [6.07, 6.45) is 3.42. The number of nitrogens with one attached hydrogen (secondary N) is 1. The van der Waals surface area contributed by atoms with E-state index in [9.17, 15) is 23.6 Å². The Bertz CT molecular complexity index is 787. The molecule has 1 saturated heterocycles. The second-order valence-electron chi connectivity index (χ2n) is 7.89. The molecule has 1 saturated carbocycles. The molecule has 1 heterocycles. The maximum Gasteiger partial charge on any atom is 0.239 e. The molecule has 7 nitrogen and oxygen atoms in total. The molecular weight excluding hydrogens is 389 g/mol. The Morgan fingerprint density at radius 2 is 1.70 bits per heavy atom. The summed E-state index contributed by atoms with van der Waals surface area (Å²) in [7, 11) is 0. The van der Waals surface area contributed by atoms with Crippen molar-refractivity contribution in [3.05, 3.63) is 35.6 Å². The molecule has 2 aliphatic rings. The van der Waals surface area contributed by atoms with Crippen molar-refractivity contribution in [2.24, 2.45) is 11.8 Å². The molecule has 8 heteroatoms. The SMILES string of the molecule is CCN(CC(=O)NCc1ccc(F)cc1)C(=O)CCN1C(=O)[C@H]2CCCC[C@H]2C1=O. The summed E-state index contributed by atoms with van der Waals surface area (Å²) in [5, 5.41) is 2.71. The van der Waals surface area contributed by atoms with E-state index >= 15 is 0 Å². The van der Waals surface area contributed by atoms with E-state index in [0.29, 0.717) is 6.54 Å². The zero-order chi connectivity index (χ0) is 21.7. The minimum Gasteiger partial charge on any atom is -0.350 e. The molecule has 3 rings (SSSR count). The highest BCUT2D eigenvalue weighted by Gasteiger charge is 2.47. The molecule has 1 aromatic carbocycles. The van der Waals surface area contributed by atoms with E-state index in [1.807, 2.05) is 0 Å². The monoisotopic (exact) mass is 417 g/mol. The lowest BCUT2D eigenvalue weighted by Crippen LogP contribution is -2.42. The highest BCUT2D eigenvalue weighted by atomic mass is 19.1. The van der Waals surface area contributed by atoms with E-state index in [4.69, 9.17) is 0 Å². The van der Waals surface area contributed by atoms with Crippen LogP contribution in [-0.2, 0) is 25.7 Å². The molecule has 2 fully saturated rings. The molecular formula is C22H28FN3O4. The summed E-state index contributed by atoms with van der Waals surface area (Å²) in [4.78, 5) is 52.4. The van der Waals surface area contributed by atoms with Gasteiger partial charge in [0, 0.05) is 26.1 Å². The Kier molecular flexibility index (Phi) is 7.18. The fourth-order valence-corrected chi connectivity index (χ4v) is 4.23. The first-order valence-corrected chi connectivity index (χ1v) is 10.5. The number of benzene rings is 1. The fraction of sp³-hybridized carbons (Fsp3) is 0.545. The van der Waals surface area contributed by atoms with Gasteiger partial charge >= 0.3 is 0 Å². The predicted molar refractivity (Wildman–Crippen MR) is 107 cm³/mol. The number of hydrogen-bond donors (Lipinski definition) is 1. The van der Waals surface area contributed by atoms with Crippen molar-refractivity contribution in [2.75, 3.05) is 19.6 Å². The van der Waals surface area contributed by atoms with Gasteiger partial charge in [0.15, 0.2) is 0 Å². The zero-order valence-electron chi connectivity index (χ0n) is 17.2. The highest BCUT2D eigenvalue weighted by molar-refractivity contribution is 6.05. The number of nitrogens with zero attached hydrogens (tertiary/aromatic N) is 2. The van der Waals surface area contributed by atoms with Crippen LogP contribution in [0.3, 0.4) is 0 Å². The van der Waals surface area contributed by atoms with Gasteiger partial charge in [0.2, 0.25) is 23.6 Å². The van der Waals surface area contributed by atoms with Crippen molar-refractivity contribution >= 4 is 23.6 Å². The lowest BCUT2D eigenvalue weighted by atomic mass is 9.81. The second kappa shape index (κ2) is 9.82. The smallest absolute Gasteiger partial charge is 0.239 e. The standard InChI is InChI=1S/C22H28FN3O4/c1-2-25(14-19(27)24-13-15-7-9-16(23)10-8-15)20(28)11-12-26-21(29)17-5-3-4-6-18(17)22(26)30/h7-10,17-18H,2-6,11-14H2,1H3,(H,24,27)/t17-,18+. The third-order valence-electron chi connectivity index (χ3n) is 5.95. The largest absolute Gasteiger partial charge is 0.350 e. The van der Waals surface area contributed by atoms with Crippen molar-refractivity contribution < 1.29 is 23.6 Å². The number of likely N-dealkylation sites (tertiary alicyclic amines) is 1. The number of rotatable bonds is 8. The number of carbonyl (C=O) groups is 4. The minimum atomic E-state index is -0.345. The molecule has 0 unspecified atom stereocenters. The molecule has 1 aromatic rings. The molecule has 0 bridgehead atoms. The fourth-order valence-electron chi connectivity index (χ4n) is 4.23. The Morgan fingerprint density at radius 3 is 2.27 bits per heavy atom. The van der Waals surface area contributed by atoms with Crippen molar-refractivity contribution in [1.29, 1.82) is 0 Å². The van der Waals surface area contributed by atoms with Gasteiger partial charge in [0.25, 0.3) is 0 Å². The van der Waals surface area contributed by atoms with Crippen LogP contribution in [0, 0.1) is 17.7 Å². The van der Waals surface area contributed by atoms with Crippen molar-refractivity contribution in [2.45, 2.75) is 45.6 Å². The summed E-state index contributed by atoms with van der Waals surface area (Å²) < 4.78 is 12.9. The minimum absolute atomic E-state index is 0.00992. The number of fused-ring (bicyclic) bond motifs is 1. The van der Waals surface area contributed by atoms with E-state index in [0.717, 1.165) is 31.2 Å². The Morgan fingerprint density at radius 1 is 1.10 bits per heavy atom. The predicted octanol–water partition coefficient (Wildman–Crippen LogP) is 1.86. The van der Waals surface area contributed by atoms with E-state index < -0.39 is 0 Å². The first kappa shape index (κ1) is 21.9. The van der Waals surface area contributed by atoms with Crippen LogP contribution in [0.4, 0.5) is 4.39 Å². The lowest BCUT2D eigenvalue weighted by Gasteiger charge is -2.22. The molecule has 1 aliphatic heterocycles. The van der Waals surface area contributed by atoms with Gasteiger partial charge in [-0.15, -0.1) is 0 Å². The number of likely N-dealkylation sites (N-methyl/N-ethyl adjacent to an activating group) is 1. The Labute approximate surface area is 175 Å². The maximum absolute atomic E-state index is 12.9. The molecule has 1 aliphatic carbocycles. The van der Waals surface area contributed by atoms with Gasteiger partial charge in [-0.2, -0.15) is 0 Å². The van der Waals surface area contributed by atoms with Crippen LogP contribution in [0.25, 0.3) is 0 Å². The molecule has 162 valence electrons. The van der Waals surface area contributed by atoms with E-state index in [1.165, 1.54) is 21.9 Å². The summed E-state index contributed by atoms with van der Waals surface area (Å²) in [5.41, 5.74) is 0.756. The average molecular weight is 417 g/mol. The molecule has 4 amide bonds. The number of halogens is 1. The summed E-state index contributed by atoms with van der Waals surface area (Å²) in [5.74, 6) is -1.70. The van der Waals surface area contributed by atoms with Crippen LogP contribution in [0.5, 0.6) is 0 Å². The number of hydrogen-bond acceptors (Lipinski definition) is 4. The lowest BCUT2D eigenvalue weighted by molar-refractivity contribution is -0.141. The molecule has 0 aromatic heterocycles. The third kappa shape index (κ3) is 5.04. The number of carbonyl (C=O) groups excluding carboxylic acids is 4. The topological polar surface area (TPSA) is 86.8 Å². The van der Waals surface area contributed by atoms with E-state index in [1.54, 1.807) is 19.1 Å². The van der Waals surface area contributed by atoms with Crippen LogP contribution in [-0.4, -0.2) is 53.1 Å². The van der Waals surface area contributed by atoms with Gasteiger partial charge in [-0.1, -0.05) is 25.0 Å². The van der Waals surface area contributed by atoms with Gasteiger partial charge in [0.1, 0.15) is 5.82 Å². The van der Waals surface area contributed by atoms with Gasteiger partial charge < -0.3 is 10.2 Å². The molecule has 2 atom stereocenters. The van der Waals surface area contributed by atoms with Crippen LogP contribution >= 0.6 is 0 Å².